The standard InChI is InChI=1S/C23H26N4O2/c1-2-4-20(5-3-1)21-8-12-23(13-9-21)29-15-14-28-22-10-6-19(7-11-22)16-26-27-17-24-25-18-27/h6-13,16-18,20H,1-5,14-15H2/b26-16+. The van der Waals surface area contributed by atoms with Gasteiger partial charge in [-0.2, -0.15) is 5.10 Å². The quantitative estimate of drug-likeness (QED) is 0.414. The molecular formula is C23H26N4O2. The second-order valence-electron chi connectivity index (χ2n) is 7.26. The van der Waals surface area contributed by atoms with Crippen molar-refractivity contribution in [1.29, 1.82) is 0 Å². The maximum absolute atomic E-state index is 5.81. The maximum Gasteiger partial charge on any atom is 0.141 e. The highest BCUT2D eigenvalue weighted by atomic mass is 16.5. The smallest absolute Gasteiger partial charge is 0.141 e. The molecule has 0 spiro atoms. The van der Waals surface area contributed by atoms with Gasteiger partial charge in [0.1, 0.15) is 37.4 Å². The molecular weight excluding hydrogens is 364 g/mol. The molecule has 1 aliphatic carbocycles. The molecule has 1 fully saturated rings. The third kappa shape index (κ3) is 5.67. The van der Waals surface area contributed by atoms with E-state index in [0.29, 0.717) is 13.2 Å². The van der Waals surface area contributed by atoms with Gasteiger partial charge in [-0.1, -0.05) is 31.4 Å². The molecule has 0 unspecified atom stereocenters. The third-order valence-corrected chi connectivity index (χ3v) is 5.20. The Kier molecular flexibility index (Phi) is 6.53. The molecule has 6 nitrogen and oxygen atoms in total. The molecule has 3 aromatic rings. The molecule has 0 amide bonds. The van der Waals surface area contributed by atoms with Crippen molar-refractivity contribution in [2.75, 3.05) is 13.2 Å². The van der Waals surface area contributed by atoms with Gasteiger partial charge in [0.2, 0.25) is 0 Å². The van der Waals surface area contributed by atoms with Crippen molar-refractivity contribution in [3.8, 4) is 11.5 Å². The van der Waals surface area contributed by atoms with Crippen LogP contribution < -0.4 is 9.47 Å². The van der Waals surface area contributed by atoms with Crippen molar-refractivity contribution in [2.45, 2.75) is 38.0 Å². The molecule has 1 saturated carbocycles. The number of nitrogens with zero attached hydrogens (tertiary/aromatic N) is 4. The fourth-order valence-corrected chi connectivity index (χ4v) is 3.63. The summed E-state index contributed by atoms with van der Waals surface area (Å²) in [6.45, 7) is 1.01. The lowest BCUT2D eigenvalue weighted by atomic mass is 9.84. The summed E-state index contributed by atoms with van der Waals surface area (Å²) >= 11 is 0. The lowest BCUT2D eigenvalue weighted by molar-refractivity contribution is 0.217. The van der Waals surface area contributed by atoms with Gasteiger partial charge in [-0.25, -0.2) is 4.68 Å². The van der Waals surface area contributed by atoms with Crippen LogP contribution in [0.3, 0.4) is 0 Å². The van der Waals surface area contributed by atoms with Gasteiger partial charge in [0.25, 0.3) is 0 Å². The molecule has 1 aliphatic rings. The Morgan fingerprint density at radius 1 is 0.828 bits per heavy atom. The van der Waals surface area contributed by atoms with E-state index in [1.807, 2.05) is 24.3 Å². The Morgan fingerprint density at radius 3 is 2.03 bits per heavy atom. The van der Waals surface area contributed by atoms with Gasteiger partial charge in [-0.15, -0.1) is 10.2 Å². The average Bonchev–Trinajstić information content (AvgIpc) is 3.31. The Hall–Kier alpha value is -3.15. The molecule has 1 aromatic heterocycles. The van der Waals surface area contributed by atoms with E-state index in [-0.39, 0.29) is 0 Å². The lowest BCUT2D eigenvalue weighted by Crippen LogP contribution is -2.09. The SMILES string of the molecule is C(=N\n1cnnc1)/c1ccc(OCCOc2ccc(C3CCCCC3)cc2)cc1. The summed E-state index contributed by atoms with van der Waals surface area (Å²) in [5, 5.41) is 11.6. The summed E-state index contributed by atoms with van der Waals surface area (Å²) in [7, 11) is 0. The molecule has 0 bridgehead atoms. The van der Waals surface area contributed by atoms with Crippen LogP contribution in [0.1, 0.15) is 49.1 Å². The van der Waals surface area contributed by atoms with Crippen LogP contribution in [0.25, 0.3) is 0 Å². The van der Waals surface area contributed by atoms with Gasteiger partial charge in [0, 0.05) is 0 Å². The molecule has 150 valence electrons. The van der Waals surface area contributed by atoms with Gasteiger partial charge >= 0.3 is 0 Å². The van der Waals surface area contributed by atoms with Crippen LogP contribution in [0.2, 0.25) is 0 Å². The maximum atomic E-state index is 5.81. The van der Waals surface area contributed by atoms with Crippen molar-refractivity contribution in [3.63, 3.8) is 0 Å². The first-order chi connectivity index (χ1) is 14.4. The van der Waals surface area contributed by atoms with Crippen LogP contribution in [0.5, 0.6) is 11.5 Å². The van der Waals surface area contributed by atoms with E-state index in [9.17, 15) is 0 Å². The normalized spacial score (nSPS) is 14.9. The topological polar surface area (TPSA) is 61.5 Å². The summed E-state index contributed by atoms with van der Waals surface area (Å²) in [4.78, 5) is 0. The van der Waals surface area contributed by atoms with Crippen LogP contribution in [0, 0.1) is 0 Å². The first kappa shape index (κ1) is 19.2. The zero-order chi connectivity index (χ0) is 19.7. The van der Waals surface area contributed by atoms with E-state index in [1.54, 1.807) is 10.9 Å². The minimum absolute atomic E-state index is 0.499. The second kappa shape index (κ2) is 9.87. The molecule has 4 rings (SSSR count). The number of hydrogen-bond acceptors (Lipinski definition) is 5. The van der Waals surface area contributed by atoms with Gasteiger partial charge in [-0.3, -0.25) is 0 Å². The highest BCUT2D eigenvalue weighted by Gasteiger charge is 2.15. The fourth-order valence-electron chi connectivity index (χ4n) is 3.63. The largest absolute Gasteiger partial charge is 0.490 e. The predicted octanol–water partition coefficient (Wildman–Crippen LogP) is 4.67. The van der Waals surface area contributed by atoms with Crippen molar-refractivity contribution in [3.05, 3.63) is 72.3 Å². The summed E-state index contributed by atoms with van der Waals surface area (Å²) in [5.74, 6) is 2.43. The van der Waals surface area contributed by atoms with Crippen LogP contribution in [-0.2, 0) is 0 Å². The molecule has 0 radical (unpaired) electrons. The first-order valence-corrected chi connectivity index (χ1v) is 10.2. The van der Waals surface area contributed by atoms with Crippen LogP contribution in [0.15, 0.2) is 66.3 Å². The highest BCUT2D eigenvalue weighted by Crippen LogP contribution is 2.33. The molecule has 0 N–H and O–H groups in total. The number of benzene rings is 2. The summed E-state index contributed by atoms with van der Waals surface area (Å²) < 4.78 is 13.1. The lowest BCUT2D eigenvalue weighted by Gasteiger charge is -2.22. The zero-order valence-electron chi connectivity index (χ0n) is 16.5. The van der Waals surface area contributed by atoms with Crippen molar-refractivity contribution < 1.29 is 9.47 Å². The predicted molar refractivity (Wildman–Crippen MR) is 113 cm³/mol. The van der Waals surface area contributed by atoms with Crippen molar-refractivity contribution in [2.24, 2.45) is 5.10 Å². The molecule has 0 saturated heterocycles. The molecule has 1 heterocycles. The van der Waals surface area contributed by atoms with E-state index >= 15 is 0 Å². The Balaban J connectivity index is 1.19. The Bertz CT molecular complexity index is 884. The molecule has 0 atom stereocenters. The molecule has 6 heteroatoms. The minimum Gasteiger partial charge on any atom is -0.490 e. The van der Waals surface area contributed by atoms with E-state index in [4.69, 9.17) is 9.47 Å². The summed E-state index contributed by atoms with van der Waals surface area (Å²) in [6, 6.07) is 16.3. The van der Waals surface area contributed by atoms with Crippen LogP contribution in [0.4, 0.5) is 0 Å². The van der Waals surface area contributed by atoms with Gasteiger partial charge < -0.3 is 9.47 Å². The van der Waals surface area contributed by atoms with Crippen molar-refractivity contribution in [1.82, 2.24) is 14.9 Å². The van der Waals surface area contributed by atoms with E-state index in [2.05, 4.69) is 39.6 Å². The van der Waals surface area contributed by atoms with Crippen molar-refractivity contribution >= 4 is 6.21 Å². The molecule has 0 aliphatic heterocycles. The number of rotatable bonds is 8. The first-order valence-electron chi connectivity index (χ1n) is 10.2. The van der Waals surface area contributed by atoms with Gasteiger partial charge in [-0.05, 0) is 66.3 Å². The minimum atomic E-state index is 0.499. The molecule has 29 heavy (non-hydrogen) atoms. The average molecular weight is 390 g/mol. The highest BCUT2D eigenvalue weighted by molar-refractivity contribution is 5.79. The van der Waals surface area contributed by atoms with E-state index in [1.165, 1.54) is 50.3 Å². The third-order valence-electron chi connectivity index (χ3n) is 5.20. The monoisotopic (exact) mass is 390 g/mol. The van der Waals surface area contributed by atoms with E-state index < -0.39 is 0 Å². The number of hydrogen-bond donors (Lipinski definition) is 0. The number of ether oxygens (including phenoxy) is 2. The van der Waals surface area contributed by atoms with Gasteiger partial charge in [0.05, 0.1) is 6.21 Å². The zero-order valence-corrected chi connectivity index (χ0v) is 16.5. The summed E-state index contributed by atoms with van der Waals surface area (Å²) in [5.41, 5.74) is 2.42. The summed E-state index contributed by atoms with van der Waals surface area (Å²) in [6.07, 6.45) is 11.6. The van der Waals surface area contributed by atoms with Crippen LogP contribution in [-0.4, -0.2) is 34.3 Å². The molecule has 2 aromatic carbocycles. The Labute approximate surface area is 171 Å². The Morgan fingerprint density at radius 2 is 1.41 bits per heavy atom. The second-order valence-corrected chi connectivity index (χ2v) is 7.26. The van der Waals surface area contributed by atoms with E-state index in [0.717, 1.165) is 23.0 Å². The van der Waals surface area contributed by atoms with Crippen LogP contribution >= 0.6 is 0 Å². The number of aromatic nitrogens is 3. The fraction of sp³-hybridized carbons (Fsp3) is 0.348. The van der Waals surface area contributed by atoms with Gasteiger partial charge in [0.15, 0.2) is 0 Å².